The van der Waals surface area contributed by atoms with Crippen molar-refractivity contribution in [3.8, 4) is 0 Å². The number of nitrogens with one attached hydrogen (secondary N) is 1. The summed E-state index contributed by atoms with van der Waals surface area (Å²) in [5, 5.41) is 2.23. The average molecular weight is 155 g/mol. The molecule has 1 atom stereocenters. The summed E-state index contributed by atoms with van der Waals surface area (Å²) in [5.41, 5.74) is -2.12. The van der Waals surface area contributed by atoms with Crippen LogP contribution < -0.4 is 5.32 Å². The Kier molecular flexibility index (Phi) is 1.64. The van der Waals surface area contributed by atoms with Crippen LogP contribution in [0.1, 0.15) is 6.92 Å². The van der Waals surface area contributed by atoms with Crippen LogP contribution in [-0.4, -0.2) is 25.1 Å². The number of ether oxygens (including phenoxy) is 1. The predicted molar refractivity (Wildman–Crippen MR) is 28.4 cm³/mol. The first-order valence-electron chi connectivity index (χ1n) is 2.91. The molecule has 0 aromatic rings. The summed E-state index contributed by atoms with van der Waals surface area (Å²) in [6, 6.07) is 0. The second-order valence-electron chi connectivity index (χ2n) is 2.31. The van der Waals surface area contributed by atoms with Crippen LogP contribution in [0.3, 0.4) is 0 Å². The number of halogens is 3. The Labute approximate surface area is 56.4 Å². The maximum atomic E-state index is 12.0. The van der Waals surface area contributed by atoms with Gasteiger partial charge in [-0.25, -0.2) is 0 Å². The van der Waals surface area contributed by atoms with E-state index in [0.717, 1.165) is 6.92 Å². The molecule has 0 amide bonds. The van der Waals surface area contributed by atoms with Gasteiger partial charge >= 0.3 is 6.18 Å². The standard InChI is InChI=1S/C5H8F3NO/c1-4(5(6,7)8)9-2-3-10-4/h9H,2-3H2,1H3. The molecule has 0 aromatic heterocycles. The molecule has 0 bridgehead atoms. The number of alkyl halides is 3. The molecule has 1 aliphatic rings. The van der Waals surface area contributed by atoms with Gasteiger partial charge in [0.05, 0.1) is 6.61 Å². The monoisotopic (exact) mass is 155 g/mol. The highest BCUT2D eigenvalue weighted by atomic mass is 19.4. The first-order chi connectivity index (χ1) is 4.46. The third-order valence-electron chi connectivity index (χ3n) is 1.50. The van der Waals surface area contributed by atoms with E-state index in [1.165, 1.54) is 0 Å². The Morgan fingerprint density at radius 1 is 1.50 bits per heavy atom. The normalized spacial score (nSPS) is 34.8. The first-order valence-corrected chi connectivity index (χ1v) is 2.91. The maximum Gasteiger partial charge on any atom is 0.430 e. The minimum absolute atomic E-state index is 0.121. The van der Waals surface area contributed by atoms with Gasteiger partial charge in [0.1, 0.15) is 0 Å². The zero-order valence-corrected chi connectivity index (χ0v) is 5.46. The molecular formula is C5H8F3NO. The lowest BCUT2D eigenvalue weighted by atomic mass is 10.3. The summed E-state index contributed by atoms with van der Waals surface area (Å²) in [7, 11) is 0. The van der Waals surface area contributed by atoms with Crippen molar-refractivity contribution in [2.75, 3.05) is 13.2 Å². The molecule has 1 aliphatic heterocycles. The van der Waals surface area contributed by atoms with Crippen LogP contribution in [0.25, 0.3) is 0 Å². The highest BCUT2D eigenvalue weighted by Gasteiger charge is 2.54. The molecule has 0 spiro atoms. The van der Waals surface area contributed by atoms with Crippen LogP contribution in [-0.2, 0) is 4.74 Å². The van der Waals surface area contributed by atoms with Crippen molar-refractivity contribution in [1.82, 2.24) is 5.32 Å². The lowest BCUT2D eigenvalue weighted by Gasteiger charge is -2.25. The van der Waals surface area contributed by atoms with Gasteiger partial charge in [-0.15, -0.1) is 0 Å². The molecule has 0 aromatic carbocycles. The fourth-order valence-electron chi connectivity index (χ4n) is 0.778. The largest absolute Gasteiger partial charge is 0.430 e. The third kappa shape index (κ3) is 1.11. The second kappa shape index (κ2) is 2.10. The van der Waals surface area contributed by atoms with E-state index >= 15 is 0 Å². The van der Waals surface area contributed by atoms with Crippen molar-refractivity contribution < 1.29 is 17.9 Å². The molecule has 1 fully saturated rings. The molecule has 0 aliphatic carbocycles. The van der Waals surface area contributed by atoms with Gasteiger partial charge in [-0.05, 0) is 6.92 Å². The van der Waals surface area contributed by atoms with E-state index in [4.69, 9.17) is 0 Å². The van der Waals surface area contributed by atoms with Gasteiger partial charge in [-0.2, -0.15) is 13.2 Å². The molecule has 1 heterocycles. The quantitative estimate of drug-likeness (QED) is 0.560. The topological polar surface area (TPSA) is 21.3 Å². The molecule has 5 heteroatoms. The van der Waals surface area contributed by atoms with Crippen LogP contribution in [0, 0.1) is 0 Å². The van der Waals surface area contributed by atoms with Crippen LogP contribution >= 0.6 is 0 Å². The lowest BCUT2D eigenvalue weighted by molar-refractivity contribution is -0.263. The Bertz CT molecular complexity index is 127. The molecule has 1 saturated heterocycles. The first kappa shape index (κ1) is 7.81. The molecule has 1 rings (SSSR count). The second-order valence-corrected chi connectivity index (χ2v) is 2.31. The molecule has 60 valence electrons. The summed E-state index contributed by atoms with van der Waals surface area (Å²) in [5.74, 6) is 0. The molecular weight excluding hydrogens is 147 g/mol. The molecule has 1 unspecified atom stereocenters. The van der Waals surface area contributed by atoms with Crippen molar-refractivity contribution >= 4 is 0 Å². The predicted octanol–water partition coefficient (Wildman–Crippen LogP) is 0.885. The zero-order chi connectivity index (χ0) is 7.83. The van der Waals surface area contributed by atoms with Crippen molar-refractivity contribution in [3.05, 3.63) is 0 Å². The van der Waals surface area contributed by atoms with E-state index in [9.17, 15) is 13.2 Å². The zero-order valence-electron chi connectivity index (χ0n) is 5.46. The van der Waals surface area contributed by atoms with Gasteiger partial charge in [-0.1, -0.05) is 0 Å². The minimum Gasteiger partial charge on any atom is -0.351 e. The Hall–Kier alpha value is -0.290. The van der Waals surface area contributed by atoms with Gasteiger partial charge in [-0.3, -0.25) is 5.32 Å². The van der Waals surface area contributed by atoms with Crippen molar-refractivity contribution in [1.29, 1.82) is 0 Å². The smallest absolute Gasteiger partial charge is 0.351 e. The van der Waals surface area contributed by atoms with Gasteiger partial charge in [0.2, 0.25) is 5.72 Å². The maximum absolute atomic E-state index is 12.0. The number of hydrogen-bond donors (Lipinski definition) is 1. The lowest BCUT2D eigenvalue weighted by Crippen LogP contribution is -2.51. The molecule has 10 heavy (non-hydrogen) atoms. The van der Waals surface area contributed by atoms with Crippen molar-refractivity contribution in [2.24, 2.45) is 0 Å². The number of rotatable bonds is 0. The molecule has 1 N–H and O–H groups in total. The van der Waals surface area contributed by atoms with Gasteiger partial charge in [0.25, 0.3) is 0 Å². The Morgan fingerprint density at radius 3 is 2.30 bits per heavy atom. The molecule has 2 nitrogen and oxygen atoms in total. The fraction of sp³-hybridized carbons (Fsp3) is 1.00. The van der Waals surface area contributed by atoms with Gasteiger partial charge < -0.3 is 4.74 Å². The van der Waals surface area contributed by atoms with E-state index in [1.54, 1.807) is 0 Å². The van der Waals surface area contributed by atoms with Crippen molar-refractivity contribution in [3.63, 3.8) is 0 Å². The van der Waals surface area contributed by atoms with Crippen molar-refractivity contribution in [2.45, 2.75) is 18.8 Å². The Morgan fingerprint density at radius 2 is 2.10 bits per heavy atom. The van der Waals surface area contributed by atoms with Crippen LogP contribution in [0.4, 0.5) is 13.2 Å². The summed E-state index contributed by atoms with van der Waals surface area (Å²) >= 11 is 0. The van der Waals surface area contributed by atoms with Crippen LogP contribution in [0.15, 0.2) is 0 Å². The molecule has 0 saturated carbocycles. The molecule has 0 radical (unpaired) electrons. The SMILES string of the molecule is CC1(C(F)(F)F)NCCO1. The van der Waals surface area contributed by atoms with E-state index in [2.05, 4.69) is 10.1 Å². The average Bonchev–Trinajstić information content (AvgIpc) is 2.13. The van der Waals surface area contributed by atoms with Crippen LogP contribution in [0.2, 0.25) is 0 Å². The highest BCUT2D eigenvalue weighted by molar-refractivity contribution is 4.84. The highest BCUT2D eigenvalue weighted by Crippen LogP contribution is 2.32. The third-order valence-corrected chi connectivity index (χ3v) is 1.50. The summed E-state index contributed by atoms with van der Waals surface area (Å²) in [4.78, 5) is 0. The van der Waals surface area contributed by atoms with E-state index in [0.29, 0.717) is 0 Å². The van der Waals surface area contributed by atoms with Gasteiger partial charge in [0.15, 0.2) is 0 Å². The van der Waals surface area contributed by atoms with E-state index in [-0.39, 0.29) is 13.2 Å². The number of hydrogen-bond acceptors (Lipinski definition) is 2. The summed E-state index contributed by atoms with van der Waals surface area (Å²) in [6.45, 7) is 1.37. The fourth-order valence-corrected chi connectivity index (χ4v) is 0.778. The summed E-state index contributed by atoms with van der Waals surface area (Å²) < 4.78 is 40.3. The van der Waals surface area contributed by atoms with Gasteiger partial charge in [0, 0.05) is 6.54 Å². The Balaban J connectivity index is 2.67. The minimum atomic E-state index is -4.32. The van der Waals surface area contributed by atoms with Crippen LogP contribution in [0.5, 0.6) is 0 Å². The van der Waals surface area contributed by atoms with E-state index in [1.807, 2.05) is 0 Å². The van der Waals surface area contributed by atoms with E-state index < -0.39 is 11.9 Å². The summed E-state index contributed by atoms with van der Waals surface area (Å²) in [6.07, 6.45) is -4.32.